The second kappa shape index (κ2) is 7.16. The molecule has 0 unspecified atom stereocenters. The molecule has 0 spiro atoms. The minimum Gasteiger partial charge on any atom is -0.367 e. The van der Waals surface area contributed by atoms with Crippen LogP contribution in [0.15, 0.2) is 24.5 Å². The number of aromatic nitrogens is 3. The van der Waals surface area contributed by atoms with Crippen molar-refractivity contribution in [1.29, 1.82) is 0 Å². The molecular weight excluding hydrogens is 362 g/mol. The minimum absolute atomic E-state index is 0.129. The summed E-state index contributed by atoms with van der Waals surface area (Å²) < 4.78 is 26.5. The van der Waals surface area contributed by atoms with Crippen LogP contribution in [0.3, 0.4) is 0 Å². The molecule has 0 aromatic carbocycles. The SMILES string of the molecule is Cc1nc(-c2cccnc2)nc(NC2CCN(S(=O)(=O)C3CC3)CC2)c1C. The molecule has 4 rings (SSSR count). The molecule has 0 atom stereocenters. The van der Waals surface area contributed by atoms with Crippen LogP contribution < -0.4 is 5.32 Å². The van der Waals surface area contributed by atoms with Gasteiger partial charge in [0.2, 0.25) is 10.0 Å². The fraction of sp³-hybridized carbons (Fsp3) is 0.526. The van der Waals surface area contributed by atoms with Crippen LogP contribution in [-0.2, 0) is 10.0 Å². The third-order valence-electron chi connectivity index (χ3n) is 5.41. The summed E-state index contributed by atoms with van der Waals surface area (Å²) in [5.41, 5.74) is 2.84. The second-order valence-corrected chi connectivity index (χ2v) is 9.62. The van der Waals surface area contributed by atoms with Crippen molar-refractivity contribution in [3.05, 3.63) is 35.8 Å². The number of piperidine rings is 1. The van der Waals surface area contributed by atoms with Crippen LogP contribution in [0.4, 0.5) is 5.82 Å². The number of hydrogen-bond acceptors (Lipinski definition) is 6. The molecule has 8 heteroatoms. The van der Waals surface area contributed by atoms with E-state index in [1.807, 2.05) is 26.0 Å². The topological polar surface area (TPSA) is 88.1 Å². The summed E-state index contributed by atoms with van der Waals surface area (Å²) >= 11 is 0. The van der Waals surface area contributed by atoms with E-state index < -0.39 is 10.0 Å². The molecule has 7 nitrogen and oxygen atoms in total. The molecule has 0 bridgehead atoms. The van der Waals surface area contributed by atoms with Gasteiger partial charge < -0.3 is 5.32 Å². The van der Waals surface area contributed by atoms with Crippen molar-refractivity contribution in [2.24, 2.45) is 0 Å². The lowest BCUT2D eigenvalue weighted by atomic mass is 10.1. The van der Waals surface area contributed by atoms with Crippen LogP contribution in [0.2, 0.25) is 0 Å². The summed E-state index contributed by atoms with van der Waals surface area (Å²) in [6, 6.07) is 4.03. The molecule has 0 radical (unpaired) electrons. The lowest BCUT2D eigenvalue weighted by Crippen LogP contribution is -2.43. The van der Waals surface area contributed by atoms with Crippen LogP contribution in [0.5, 0.6) is 0 Å². The Labute approximate surface area is 160 Å². The molecule has 1 saturated carbocycles. The Balaban J connectivity index is 1.48. The van der Waals surface area contributed by atoms with Gasteiger partial charge in [-0.15, -0.1) is 0 Å². The van der Waals surface area contributed by atoms with Crippen molar-refractivity contribution in [1.82, 2.24) is 19.3 Å². The van der Waals surface area contributed by atoms with E-state index in [1.54, 1.807) is 16.7 Å². The summed E-state index contributed by atoms with van der Waals surface area (Å²) in [4.78, 5) is 13.4. The Morgan fingerprint density at radius 1 is 1.11 bits per heavy atom. The van der Waals surface area contributed by atoms with Crippen LogP contribution in [0.25, 0.3) is 11.4 Å². The highest BCUT2D eigenvalue weighted by Crippen LogP contribution is 2.33. The summed E-state index contributed by atoms with van der Waals surface area (Å²) in [6.45, 7) is 5.15. The van der Waals surface area contributed by atoms with Crippen LogP contribution in [-0.4, -0.2) is 52.1 Å². The molecule has 2 aliphatic rings. The molecule has 2 aromatic heterocycles. The zero-order valence-corrected chi connectivity index (χ0v) is 16.5. The van der Waals surface area contributed by atoms with Gasteiger partial charge >= 0.3 is 0 Å². The monoisotopic (exact) mass is 387 g/mol. The average molecular weight is 388 g/mol. The van der Waals surface area contributed by atoms with Gasteiger partial charge in [-0.25, -0.2) is 22.7 Å². The third kappa shape index (κ3) is 3.82. The molecule has 2 fully saturated rings. The first-order valence-electron chi connectivity index (χ1n) is 9.46. The van der Waals surface area contributed by atoms with E-state index in [4.69, 9.17) is 4.98 Å². The summed E-state index contributed by atoms with van der Waals surface area (Å²) in [6.07, 6.45) is 6.70. The number of aryl methyl sites for hydroxylation is 1. The van der Waals surface area contributed by atoms with E-state index in [0.717, 1.165) is 48.3 Å². The third-order valence-corrected chi connectivity index (χ3v) is 7.81. The first-order valence-corrected chi connectivity index (χ1v) is 11.0. The van der Waals surface area contributed by atoms with Crippen molar-refractivity contribution >= 4 is 15.8 Å². The van der Waals surface area contributed by atoms with Gasteiger partial charge in [-0.05, 0) is 51.7 Å². The maximum absolute atomic E-state index is 12.4. The van der Waals surface area contributed by atoms with Gasteiger partial charge in [-0.1, -0.05) is 0 Å². The molecule has 27 heavy (non-hydrogen) atoms. The average Bonchev–Trinajstić information content (AvgIpc) is 3.52. The highest BCUT2D eigenvalue weighted by molar-refractivity contribution is 7.90. The number of rotatable bonds is 5. The van der Waals surface area contributed by atoms with E-state index in [9.17, 15) is 8.42 Å². The van der Waals surface area contributed by atoms with Gasteiger partial charge in [-0.3, -0.25) is 4.98 Å². The molecule has 144 valence electrons. The molecule has 1 N–H and O–H groups in total. The number of hydrogen-bond donors (Lipinski definition) is 1. The lowest BCUT2D eigenvalue weighted by molar-refractivity contribution is 0.329. The highest BCUT2D eigenvalue weighted by Gasteiger charge is 2.41. The maximum atomic E-state index is 12.4. The first kappa shape index (κ1) is 18.3. The molecule has 1 saturated heterocycles. The molecule has 0 amide bonds. The van der Waals surface area contributed by atoms with Crippen molar-refractivity contribution < 1.29 is 8.42 Å². The number of pyridine rings is 1. The fourth-order valence-corrected chi connectivity index (χ4v) is 5.29. The van der Waals surface area contributed by atoms with Crippen LogP contribution >= 0.6 is 0 Å². The molecule has 3 heterocycles. The van der Waals surface area contributed by atoms with Gasteiger partial charge in [0.05, 0.1) is 5.25 Å². The van der Waals surface area contributed by atoms with E-state index in [2.05, 4.69) is 15.3 Å². The number of anilines is 1. The predicted octanol–water partition coefficient (Wildman–Crippen LogP) is 2.52. The summed E-state index contributed by atoms with van der Waals surface area (Å²) in [7, 11) is -3.07. The molecular formula is C19H25N5O2S. The molecule has 1 aliphatic heterocycles. The van der Waals surface area contributed by atoms with Gasteiger partial charge in [-0.2, -0.15) is 0 Å². The Hall–Kier alpha value is -2.06. The zero-order valence-electron chi connectivity index (χ0n) is 15.7. The molecule has 1 aliphatic carbocycles. The fourth-order valence-electron chi connectivity index (χ4n) is 3.42. The highest BCUT2D eigenvalue weighted by atomic mass is 32.2. The largest absolute Gasteiger partial charge is 0.367 e. The van der Waals surface area contributed by atoms with Crippen LogP contribution in [0, 0.1) is 13.8 Å². The summed E-state index contributed by atoms with van der Waals surface area (Å²) in [5, 5.41) is 3.40. The van der Waals surface area contributed by atoms with E-state index >= 15 is 0 Å². The first-order chi connectivity index (χ1) is 12.9. The van der Waals surface area contributed by atoms with E-state index in [0.29, 0.717) is 18.9 Å². The predicted molar refractivity (Wildman–Crippen MR) is 105 cm³/mol. The molecule has 2 aromatic rings. The normalized spacial score (nSPS) is 19.2. The van der Waals surface area contributed by atoms with E-state index in [1.165, 1.54) is 0 Å². The van der Waals surface area contributed by atoms with Gasteiger partial charge in [0.1, 0.15) is 5.82 Å². The lowest BCUT2D eigenvalue weighted by Gasteiger charge is -2.32. The van der Waals surface area contributed by atoms with Crippen molar-refractivity contribution in [2.45, 2.75) is 50.8 Å². The Morgan fingerprint density at radius 2 is 1.85 bits per heavy atom. The number of nitrogens with one attached hydrogen (secondary N) is 1. The second-order valence-electron chi connectivity index (χ2n) is 7.41. The smallest absolute Gasteiger partial charge is 0.216 e. The quantitative estimate of drug-likeness (QED) is 0.848. The number of nitrogens with zero attached hydrogens (tertiary/aromatic N) is 4. The van der Waals surface area contributed by atoms with Gasteiger partial charge in [0, 0.05) is 48.3 Å². The number of sulfonamides is 1. The van der Waals surface area contributed by atoms with E-state index in [-0.39, 0.29) is 11.3 Å². The van der Waals surface area contributed by atoms with Crippen molar-refractivity contribution in [2.75, 3.05) is 18.4 Å². The van der Waals surface area contributed by atoms with Gasteiger partial charge in [0.15, 0.2) is 5.82 Å². The minimum atomic E-state index is -3.07. The van der Waals surface area contributed by atoms with Crippen molar-refractivity contribution in [3.63, 3.8) is 0 Å². The maximum Gasteiger partial charge on any atom is 0.216 e. The Bertz CT molecular complexity index is 921. The van der Waals surface area contributed by atoms with Crippen LogP contribution in [0.1, 0.15) is 36.9 Å². The Kier molecular flexibility index (Phi) is 4.86. The standard InChI is InChI=1S/C19H25N5O2S/c1-13-14(2)21-19(15-4-3-9-20-12-15)23-18(13)22-16-7-10-24(11-8-16)27(25,26)17-5-6-17/h3-4,9,12,16-17H,5-8,10-11H2,1-2H3,(H,21,22,23). The van der Waals surface area contributed by atoms with Crippen molar-refractivity contribution in [3.8, 4) is 11.4 Å². The van der Waals surface area contributed by atoms with Gasteiger partial charge in [0.25, 0.3) is 0 Å². The summed E-state index contributed by atoms with van der Waals surface area (Å²) in [5.74, 6) is 1.48. The zero-order chi connectivity index (χ0) is 19.0. The Morgan fingerprint density at radius 3 is 2.48 bits per heavy atom.